The quantitative estimate of drug-likeness (QED) is 0.506. The molecule has 0 bridgehead atoms. The number of nitrogen functional groups attached to an aromatic ring is 1. The number of nitrogens with two attached hydrogens (primary N) is 1. The van der Waals surface area contributed by atoms with Gasteiger partial charge in [0, 0.05) is 29.2 Å². The summed E-state index contributed by atoms with van der Waals surface area (Å²) in [4.78, 5) is 12.8. The summed E-state index contributed by atoms with van der Waals surface area (Å²) in [6.07, 6.45) is 5.91. The first kappa shape index (κ1) is 16.9. The average molecular weight is 369 g/mol. The van der Waals surface area contributed by atoms with Crippen LogP contribution in [0.5, 0.6) is 0 Å². The van der Waals surface area contributed by atoms with Crippen LogP contribution in [0.25, 0.3) is 27.8 Å². The second-order valence-corrected chi connectivity index (χ2v) is 6.64. The number of aromatic amines is 1. The molecule has 0 saturated carbocycles. The molecule has 0 atom stereocenters. The molecule has 0 aliphatic carbocycles. The molecule has 134 valence electrons. The van der Waals surface area contributed by atoms with E-state index >= 15 is 0 Å². The van der Waals surface area contributed by atoms with Crippen LogP contribution in [-0.4, -0.2) is 32.4 Å². The molecule has 0 unspecified atom stereocenters. The van der Waals surface area contributed by atoms with Crippen molar-refractivity contribution in [2.24, 2.45) is 0 Å². The highest BCUT2D eigenvalue weighted by atomic mass is 35.5. The van der Waals surface area contributed by atoms with Gasteiger partial charge in [0.05, 0.1) is 5.69 Å². The molecule has 6 nitrogen and oxygen atoms in total. The number of piperidine rings is 1. The minimum Gasteiger partial charge on any atom is -0.382 e. The lowest BCUT2D eigenvalue weighted by atomic mass is 9.97. The van der Waals surface area contributed by atoms with E-state index in [0.717, 1.165) is 54.2 Å². The van der Waals surface area contributed by atoms with E-state index in [1.807, 2.05) is 18.3 Å². The summed E-state index contributed by atoms with van der Waals surface area (Å²) in [5.41, 5.74) is 10.1. The molecule has 5 rings (SSSR count). The minimum absolute atomic E-state index is 0. The van der Waals surface area contributed by atoms with Crippen molar-refractivity contribution in [1.29, 1.82) is 0 Å². The van der Waals surface area contributed by atoms with Gasteiger partial charge in [0.2, 0.25) is 0 Å². The van der Waals surface area contributed by atoms with E-state index in [1.165, 1.54) is 5.39 Å². The van der Waals surface area contributed by atoms with Crippen LogP contribution < -0.4 is 11.1 Å². The van der Waals surface area contributed by atoms with E-state index < -0.39 is 0 Å². The zero-order chi connectivity index (χ0) is 16.8. The standard InChI is InChI=1S/C19H20N6.ClH/c20-18-17-16(15-11-13-3-1-2-4-14(13)23-15)24-19(25(17)10-9-22-18)12-5-7-21-8-6-12;/h1-4,9-12,21,23H,5-8H2,(H2,20,22);1H. The topological polar surface area (TPSA) is 84.0 Å². The largest absolute Gasteiger partial charge is 0.382 e. The number of hydrogen-bond acceptors (Lipinski definition) is 4. The van der Waals surface area contributed by atoms with Gasteiger partial charge in [0.25, 0.3) is 0 Å². The second kappa shape index (κ2) is 6.63. The van der Waals surface area contributed by atoms with Crippen LogP contribution in [0.4, 0.5) is 5.82 Å². The summed E-state index contributed by atoms with van der Waals surface area (Å²) < 4.78 is 2.12. The molecule has 1 aromatic carbocycles. The Bertz CT molecular complexity index is 1030. The van der Waals surface area contributed by atoms with Gasteiger partial charge in [-0.05, 0) is 38.1 Å². The Hall–Kier alpha value is -2.57. The first-order valence-electron chi connectivity index (χ1n) is 8.72. The summed E-state index contributed by atoms with van der Waals surface area (Å²) in [6.45, 7) is 2.06. The summed E-state index contributed by atoms with van der Waals surface area (Å²) >= 11 is 0. The Morgan fingerprint density at radius 2 is 1.96 bits per heavy atom. The fourth-order valence-corrected chi connectivity index (χ4v) is 3.84. The molecule has 26 heavy (non-hydrogen) atoms. The van der Waals surface area contributed by atoms with Gasteiger partial charge in [0.1, 0.15) is 22.9 Å². The molecule has 1 saturated heterocycles. The number of anilines is 1. The molecule has 1 fully saturated rings. The zero-order valence-electron chi connectivity index (χ0n) is 14.3. The van der Waals surface area contributed by atoms with Crippen molar-refractivity contribution in [2.75, 3.05) is 18.8 Å². The molecule has 0 amide bonds. The first-order valence-corrected chi connectivity index (χ1v) is 8.72. The number of fused-ring (bicyclic) bond motifs is 2. The highest BCUT2D eigenvalue weighted by Crippen LogP contribution is 2.34. The molecule has 1 aliphatic heterocycles. The van der Waals surface area contributed by atoms with Gasteiger partial charge in [0.15, 0.2) is 0 Å². The fraction of sp³-hybridized carbons (Fsp3) is 0.263. The SMILES string of the molecule is Cl.Nc1nccn2c(C3CCNCC3)nc(-c3cc4ccccc4[nH]3)c12. The van der Waals surface area contributed by atoms with Crippen LogP contribution in [0.1, 0.15) is 24.6 Å². The summed E-state index contributed by atoms with van der Waals surface area (Å²) in [5, 5.41) is 4.59. The van der Waals surface area contributed by atoms with Crippen LogP contribution >= 0.6 is 12.4 Å². The van der Waals surface area contributed by atoms with E-state index in [1.54, 1.807) is 6.20 Å². The van der Waals surface area contributed by atoms with Gasteiger partial charge >= 0.3 is 0 Å². The van der Waals surface area contributed by atoms with Crippen LogP contribution in [0, 0.1) is 0 Å². The van der Waals surface area contributed by atoms with Gasteiger partial charge in [-0.1, -0.05) is 18.2 Å². The Morgan fingerprint density at radius 3 is 2.77 bits per heavy atom. The predicted molar refractivity (Wildman–Crippen MR) is 107 cm³/mol. The highest BCUT2D eigenvalue weighted by Gasteiger charge is 2.24. The normalized spacial score (nSPS) is 15.4. The molecular weight excluding hydrogens is 348 g/mol. The van der Waals surface area contributed by atoms with Crippen molar-refractivity contribution >= 4 is 34.6 Å². The lowest BCUT2D eigenvalue weighted by Crippen LogP contribution is -2.27. The molecule has 0 radical (unpaired) electrons. The average Bonchev–Trinajstić information content (AvgIpc) is 3.24. The minimum atomic E-state index is 0. The number of nitrogens with one attached hydrogen (secondary N) is 2. The highest BCUT2D eigenvalue weighted by molar-refractivity contribution is 5.91. The number of rotatable bonds is 2. The molecule has 7 heteroatoms. The van der Waals surface area contributed by atoms with E-state index in [0.29, 0.717) is 11.7 Å². The van der Waals surface area contributed by atoms with E-state index in [2.05, 4.69) is 37.9 Å². The van der Waals surface area contributed by atoms with Gasteiger partial charge in [-0.2, -0.15) is 0 Å². The Balaban J connectivity index is 0.00000168. The molecule has 4 aromatic rings. The Kier molecular flexibility index (Phi) is 4.30. The van der Waals surface area contributed by atoms with Crippen molar-refractivity contribution in [3.05, 3.63) is 48.5 Å². The summed E-state index contributed by atoms with van der Waals surface area (Å²) in [7, 11) is 0. The molecule has 0 spiro atoms. The molecule has 4 heterocycles. The second-order valence-electron chi connectivity index (χ2n) is 6.64. The first-order chi connectivity index (χ1) is 12.3. The van der Waals surface area contributed by atoms with Crippen molar-refractivity contribution < 1.29 is 0 Å². The Labute approximate surface area is 157 Å². The van der Waals surface area contributed by atoms with E-state index in [-0.39, 0.29) is 12.4 Å². The summed E-state index contributed by atoms with van der Waals surface area (Å²) in [5.74, 6) is 2.04. The van der Waals surface area contributed by atoms with E-state index in [9.17, 15) is 0 Å². The number of benzene rings is 1. The van der Waals surface area contributed by atoms with Gasteiger partial charge in [-0.3, -0.25) is 4.40 Å². The summed E-state index contributed by atoms with van der Waals surface area (Å²) in [6, 6.07) is 10.4. The third kappa shape index (κ3) is 2.62. The number of H-pyrrole nitrogens is 1. The van der Waals surface area contributed by atoms with Crippen LogP contribution in [0.2, 0.25) is 0 Å². The smallest absolute Gasteiger partial charge is 0.150 e. The number of nitrogens with zero attached hydrogens (tertiary/aromatic N) is 3. The lowest BCUT2D eigenvalue weighted by molar-refractivity contribution is 0.444. The third-order valence-corrected chi connectivity index (χ3v) is 5.10. The molecule has 4 N–H and O–H groups in total. The van der Waals surface area contributed by atoms with Crippen molar-refractivity contribution in [1.82, 2.24) is 24.7 Å². The molecular formula is C19H21ClN6. The maximum Gasteiger partial charge on any atom is 0.150 e. The number of imidazole rings is 1. The lowest BCUT2D eigenvalue weighted by Gasteiger charge is -2.21. The van der Waals surface area contributed by atoms with Crippen molar-refractivity contribution in [3.8, 4) is 11.4 Å². The Morgan fingerprint density at radius 1 is 1.15 bits per heavy atom. The molecule has 3 aromatic heterocycles. The maximum atomic E-state index is 6.23. The van der Waals surface area contributed by atoms with Crippen molar-refractivity contribution in [2.45, 2.75) is 18.8 Å². The van der Waals surface area contributed by atoms with Crippen molar-refractivity contribution in [3.63, 3.8) is 0 Å². The number of halogens is 1. The van der Waals surface area contributed by atoms with Gasteiger partial charge in [-0.25, -0.2) is 9.97 Å². The monoisotopic (exact) mass is 368 g/mol. The van der Waals surface area contributed by atoms with Crippen LogP contribution in [-0.2, 0) is 0 Å². The fourth-order valence-electron chi connectivity index (χ4n) is 3.84. The third-order valence-electron chi connectivity index (χ3n) is 5.10. The van der Waals surface area contributed by atoms with Crippen LogP contribution in [0.15, 0.2) is 42.7 Å². The van der Waals surface area contributed by atoms with Gasteiger partial charge in [-0.15, -0.1) is 12.4 Å². The number of hydrogen-bond donors (Lipinski definition) is 3. The van der Waals surface area contributed by atoms with Gasteiger partial charge < -0.3 is 16.0 Å². The van der Waals surface area contributed by atoms with Crippen LogP contribution in [0.3, 0.4) is 0 Å². The number of para-hydroxylation sites is 1. The zero-order valence-corrected chi connectivity index (χ0v) is 15.1. The van der Waals surface area contributed by atoms with E-state index in [4.69, 9.17) is 10.7 Å². The number of aromatic nitrogens is 4. The predicted octanol–water partition coefficient (Wildman–Crippen LogP) is 3.35. The maximum absolute atomic E-state index is 6.23. The molecule has 1 aliphatic rings.